The van der Waals surface area contributed by atoms with Gasteiger partial charge in [-0.1, -0.05) is 5.18 Å². The van der Waals surface area contributed by atoms with Gasteiger partial charge in [0.05, 0.1) is 6.04 Å². The highest BCUT2D eigenvalue weighted by atomic mass is 127. The predicted octanol–water partition coefficient (Wildman–Crippen LogP) is 2.30. The molecule has 4 nitrogen and oxygen atoms in total. The van der Waals surface area contributed by atoms with Crippen molar-refractivity contribution in [3.63, 3.8) is 0 Å². The lowest BCUT2D eigenvalue weighted by Crippen LogP contribution is -2.45. The van der Waals surface area contributed by atoms with Crippen LogP contribution in [0.15, 0.2) is 5.18 Å². The molecule has 2 aliphatic rings. The van der Waals surface area contributed by atoms with E-state index >= 15 is 0 Å². The summed E-state index contributed by atoms with van der Waals surface area (Å²) < 4.78 is 0.120. The third-order valence-electron chi connectivity index (χ3n) is 3.06. The number of rotatable bonds is 1. The van der Waals surface area contributed by atoms with Crippen LogP contribution in [0.25, 0.3) is 0 Å². The molecule has 2 atom stereocenters. The van der Waals surface area contributed by atoms with Gasteiger partial charge in [-0.25, -0.2) is 0 Å². The topological polar surface area (TPSA) is 49.7 Å². The Labute approximate surface area is 90.2 Å². The maximum atomic E-state index is 11.3. The van der Waals surface area contributed by atoms with Crippen LogP contribution in [0.3, 0.4) is 0 Å². The molecular weight excluding hydrogens is 283 g/mol. The highest BCUT2D eigenvalue weighted by Gasteiger charge is 2.42. The van der Waals surface area contributed by atoms with Gasteiger partial charge in [0.25, 0.3) is 3.91 Å². The van der Waals surface area contributed by atoms with Crippen molar-refractivity contribution in [1.82, 2.24) is 4.90 Å². The average Bonchev–Trinajstić information content (AvgIpc) is 2.37. The van der Waals surface area contributed by atoms with Crippen LogP contribution in [0.1, 0.15) is 25.7 Å². The first-order chi connectivity index (χ1) is 6.22. The van der Waals surface area contributed by atoms with Crippen molar-refractivity contribution in [1.29, 1.82) is 0 Å². The van der Waals surface area contributed by atoms with Gasteiger partial charge in [0, 0.05) is 34.7 Å². The van der Waals surface area contributed by atoms with Gasteiger partial charge in [0.15, 0.2) is 0 Å². The molecule has 0 aromatic rings. The highest BCUT2D eigenvalue weighted by Crippen LogP contribution is 2.37. The molecule has 72 valence electrons. The number of hydrogen-bond acceptors (Lipinski definition) is 3. The molecule has 0 spiro atoms. The number of piperidine rings is 1. The van der Waals surface area contributed by atoms with Crippen molar-refractivity contribution in [2.75, 3.05) is 0 Å². The lowest BCUT2D eigenvalue weighted by Gasteiger charge is -2.35. The minimum Gasteiger partial charge on any atom is -0.328 e. The number of halogens is 1. The molecule has 2 fully saturated rings. The molecule has 0 aromatic carbocycles. The van der Waals surface area contributed by atoms with Gasteiger partial charge in [-0.05, 0) is 25.7 Å². The zero-order chi connectivity index (χ0) is 9.42. The minimum absolute atomic E-state index is 0.0514. The number of carbonyl (C=O) groups excluding carboxylic acids is 1. The van der Waals surface area contributed by atoms with E-state index in [1.54, 1.807) is 0 Å². The fraction of sp³-hybridized carbons (Fsp3) is 0.875. The average molecular weight is 294 g/mol. The lowest BCUT2D eigenvalue weighted by atomic mass is 9.99. The summed E-state index contributed by atoms with van der Waals surface area (Å²) in [7, 11) is 0. The normalized spacial score (nSPS) is 37.6. The van der Waals surface area contributed by atoms with Gasteiger partial charge in [-0.15, -0.1) is 0 Å². The summed E-state index contributed by atoms with van der Waals surface area (Å²) in [4.78, 5) is 23.6. The number of amides is 1. The largest absolute Gasteiger partial charge is 0.328 e. The molecule has 0 saturated carbocycles. The van der Waals surface area contributed by atoms with Gasteiger partial charge in [-0.2, -0.15) is 4.91 Å². The summed E-state index contributed by atoms with van der Waals surface area (Å²) in [5.41, 5.74) is 0. The molecule has 2 rings (SSSR count). The van der Waals surface area contributed by atoms with Gasteiger partial charge in [0.2, 0.25) is 0 Å². The molecule has 13 heavy (non-hydrogen) atoms. The maximum absolute atomic E-state index is 11.3. The lowest BCUT2D eigenvalue weighted by molar-refractivity contribution is 0.162. The molecule has 0 N–H and O–H groups in total. The van der Waals surface area contributed by atoms with Crippen LogP contribution in [0.4, 0.5) is 4.79 Å². The number of hydrogen-bond donors (Lipinski definition) is 0. The Morgan fingerprint density at radius 3 is 2.23 bits per heavy atom. The van der Waals surface area contributed by atoms with Gasteiger partial charge in [-0.3, -0.25) is 4.79 Å². The minimum atomic E-state index is -0.0514. The zero-order valence-electron chi connectivity index (χ0n) is 7.15. The number of fused-ring (bicyclic) bond motifs is 2. The number of carbonyl (C=O) groups is 1. The van der Waals surface area contributed by atoms with Crippen molar-refractivity contribution < 1.29 is 4.79 Å². The Bertz CT molecular complexity index is 232. The predicted molar refractivity (Wildman–Crippen MR) is 56.9 cm³/mol. The molecule has 0 aliphatic carbocycles. The third-order valence-corrected chi connectivity index (χ3v) is 3.62. The van der Waals surface area contributed by atoms with E-state index in [0.29, 0.717) is 0 Å². The van der Waals surface area contributed by atoms with E-state index in [4.69, 9.17) is 0 Å². The van der Waals surface area contributed by atoms with Crippen LogP contribution in [0.5, 0.6) is 0 Å². The van der Waals surface area contributed by atoms with Crippen molar-refractivity contribution in [2.24, 2.45) is 5.18 Å². The van der Waals surface area contributed by atoms with E-state index in [1.807, 2.05) is 27.5 Å². The van der Waals surface area contributed by atoms with E-state index in [2.05, 4.69) is 5.18 Å². The monoisotopic (exact) mass is 294 g/mol. The first-order valence-corrected chi connectivity index (χ1v) is 5.60. The van der Waals surface area contributed by atoms with Gasteiger partial charge >= 0.3 is 0 Å². The highest BCUT2D eigenvalue weighted by molar-refractivity contribution is 14.1. The summed E-state index contributed by atoms with van der Waals surface area (Å²) in [5.74, 6) is 0. The smallest absolute Gasteiger partial charge is 0.283 e. The van der Waals surface area contributed by atoms with Crippen LogP contribution in [0, 0.1) is 4.91 Å². The second kappa shape index (κ2) is 3.51. The Balaban J connectivity index is 2.12. The Hall–Kier alpha value is -0.200. The SMILES string of the molecule is O=NC1CC2CCC(C1)N2C(=O)I. The van der Waals surface area contributed by atoms with Crippen LogP contribution in [0.2, 0.25) is 0 Å². The number of nitrogens with zero attached hydrogens (tertiary/aromatic N) is 2. The molecule has 2 saturated heterocycles. The molecule has 2 heterocycles. The first-order valence-electron chi connectivity index (χ1n) is 4.52. The van der Waals surface area contributed by atoms with Crippen molar-refractivity contribution in [3.05, 3.63) is 4.91 Å². The zero-order valence-corrected chi connectivity index (χ0v) is 9.31. The van der Waals surface area contributed by atoms with Crippen LogP contribution in [-0.4, -0.2) is 26.9 Å². The summed E-state index contributed by atoms with van der Waals surface area (Å²) in [6, 6.07) is 0.515. The molecule has 2 bridgehead atoms. The van der Waals surface area contributed by atoms with Crippen LogP contribution < -0.4 is 0 Å². The number of nitroso groups, excluding NO2 is 1. The van der Waals surface area contributed by atoms with Gasteiger partial charge in [0.1, 0.15) is 0 Å². The fourth-order valence-electron chi connectivity index (χ4n) is 2.52. The second-order valence-electron chi connectivity index (χ2n) is 3.78. The quantitative estimate of drug-likeness (QED) is 0.322. The summed E-state index contributed by atoms with van der Waals surface area (Å²) >= 11 is 1.83. The standard InChI is InChI=1S/C8H11IN2O2/c9-8(12)11-6-1-2-7(11)4-5(3-6)10-13/h5-7H,1-4H2. The Morgan fingerprint density at radius 1 is 1.31 bits per heavy atom. The maximum Gasteiger partial charge on any atom is 0.283 e. The summed E-state index contributed by atoms with van der Waals surface area (Å²) in [6.07, 6.45) is 3.64. The van der Waals surface area contributed by atoms with Crippen molar-refractivity contribution in [3.8, 4) is 0 Å². The first kappa shape index (κ1) is 9.36. The Morgan fingerprint density at radius 2 is 1.85 bits per heavy atom. The summed E-state index contributed by atoms with van der Waals surface area (Å²) in [5, 5.41) is 3.09. The molecule has 2 aliphatic heterocycles. The molecule has 0 radical (unpaired) electrons. The van der Waals surface area contributed by atoms with Crippen molar-refractivity contribution >= 4 is 26.5 Å². The molecule has 0 aromatic heterocycles. The van der Waals surface area contributed by atoms with E-state index in [1.165, 1.54) is 0 Å². The van der Waals surface area contributed by atoms with E-state index in [9.17, 15) is 9.70 Å². The molecular formula is C8H11IN2O2. The molecule has 5 heteroatoms. The van der Waals surface area contributed by atoms with E-state index < -0.39 is 0 Å². The third kappa shape index (κ3) is 1.58. The fourth-order valence-corrected chi connectivity index (χ4v) is 3.31. The van der Waals surface area contributed by atoms with E-state index in [-0.39, 0.29) is 22.0 Å². The van der Waals surface area contributed by atoms with Crippen molar-refractivity contribution in [2.45, 2.75) is 43.8 Å². The Kier molecular flexibility index (Phi) is 2.53. The molecule has 1 amide bonds. The second-order valence-corrected chi connectivity index (χ2v) is 4.70. The van der Waals surface area contributed by atoms with Gasteiger partial charge < -0.3 is 4.90 Å². The summed E-state index contributed by atoms with van der Waals surface area (Å²) in [6.45, 7) is 0. The van der Waals surface area contributed by atoms with E-state index in [0.717, 1.165) is 25.7 Å². The van der Waals surface area contributed by atoms with Crippen LogP contribution >= 0.6 is 22.6 Å². The molecule has 2 unspecified atom stereocenters. The van der Waals surface area contributed by atoms with Crippen LogP contribution in [-0.2, 0) is 0 Å².